The number of rotatable bonds is 5. The molecule has 1 aromatic heterocycles. The minimum absolute atomic E-state index is 0.165. The van der Waals surface area contributed by atoms with E-state index in [9.17, 15) is 0 Å². The Balaban J connectivity index is 2.56. The van der Waals surface area contributed by atoms with Gasteiger partial charge in [-0.3, -0.25) is 4.68 Å². The van der Waals surface area contributed by atoms with E-state index in [1.54, 1.807) is 0 Å². The van der Waals surface area contributed by atoms with E-state index in [1.807, 2.05) is 0 Å². The maximum absolute atomic E-state index is 4.53. The summed E-state index contributed by atoms with van der Waals surface area (Å²) in [7, 11) is 0. The minimum Gasteiger partial charge on any atom is -0.308 e. The Morgan fingerprint density at radius 1 is 1.38 bits per heavy atom. The average Bonchev–Trinajstić information content (AvgIpc) is 2.52. The number of hydrogen-bond acceptors (Lipinski definition) is 2. The third-order valence-electron chi connectivity index (χ3n) is 2.60. The molecule has 1 heterocycles. The summed E-state index contributed by atoms with van der Waals surface area (Å²) in [6.07, 6.45) is 4.59. The molecule has 0 spiro atoms. The number of nitrogens with one attached hydrogen (secondary N) is 1. The van der Waals surface area contributed by atoms with E-state index < -0.39 is 0 Å². The van der Waals surface area contributed by atoms with Crippen LogP contribution in [0.3, 0.4) is 0 Å². The zero-order valence-corrected chi connectivity index (χ0v) is 11.3. The van der Waals surface area contributed by atoms with Crippen molar-refractivity contribution >= 4 is 0 Å². The van der Waals surface area contributed by atoms with E-state index >= 15 is 0 Å². The molecule has 1 rings (SSSR count). The first-order chi connectivity index (χ1) is 7.42. The van der Waals surface area contributed by atoms with E-state index in [1.165, 1.54) is 18.4 Å². The van der Waals surface area contributed by atoms with Crippen LogP contribution in [0, 0.1) is 6.92 Å². The van der Waals surface area contributed by atoms with Gasteiger partial charge < -0.3 is 5.32 Å². The van der Waals surface area contributed by atoms with Gasteiger partial charge in [0.05, 0.1) is 5.69 Å². The largest absolute Gasteiger partial charge is 0.308 e. The van der Waals surface area contributed by atoms with Gasteiger partial charge in [0.15, 0.2) is 0 Å². The van der Waals surface area contributed by atoms with E-state index in [0.29, 0.717) is 0 Å². The summed E-state index contributed by atoms with van der Waals surface area (Å²) in [6, 6.07) is 0. The first-order valence-corrected chi connectivity index (χ1v) is 6.20. The standard InChI is InChI=1S/C13H25N3/c1-6-7-8-16-10-12(11(2)15-16)9-14-13(3,4)5/h10,14H,6-9H2,1-5H3. The van der Waals surface area contributed by atoms with Crippen molar-refractivity contribution < 1.29 is 0 Å². The molecule has 1 N–H and O–H groups in total. The van der Waals surface area contributed by atoms with Crippen LogP contribution < -0.4 is 5.32 Å². The fourth-order valence-corrected chi connectivity index (χ4v) is 1.53. The second kappa shape index (κ2) is 5.48. The van der Waals surface area contributed by atoms with Gasteiger partial charge in [0.2, 0.25) is 0 Å². The molecule has 16 heavy (non-hydrogen) atoms. The molecule has 3 heteroatoms. The van der Waals surface area contributed by atoms with Gasteiger partial charge >= 0.3 is 0 Å². The van der Waals surface area contributed by atoms with Crippen LogP contribution in [-0.2, 0) is 13.1 Å². The zero-order chi connectivity index (χ0) is 12.2. The Labute approximate surface area is 99.2 Å². The van der Waals surface area contributed by atoms with Crippen molar-refractivity contribution in [2.24, 2.45) is 0 Å². The third-order valence-corrected chi connectivity index (χ3v) is 2.60. The van der Waals surface area contributed by atoms with Gasteiger partial charge in [0, 0.05) is 30.4 Å². The quantitative estimate of drug-likeness (QED) is 0.832. The highest BCUT2D eigenvalue weighted by Crippen LogP contribution is 2.09. The lowest BCUT2D eigenvalue weighted by Crippen LogP contribution is -2.35. The van der Waals surface area contributed by atoms with Crippen LogP contribution in [-0.4, -0.2) is 15.3 Å². The molecule has 0 aliphatic heterocycles. The molecule has 92 valence electrons. The highest BCUT2D eigenvalue weighted by Gasteiger charge is 2.11. The number of hydrogen-bond donors (Lipinski definition) is 1. The SMILES string of the molecule is CCCCn1cc(CNC(C)(C)C)c(C)n1. The maximum Gasteiger partial charge on any atom is 0.0638 e. The molecule has 3 nitrogen and oxygen atoms in total. The molecule has 0 unspecified atom stereocenters. The van der Waals surface area contributed by atoms with E-state index in [-0.39, 0.29) is 5.54 Å². The molecular weight excluding hydrogens is 198 g/mol. The van der Waals surface area contributed by atoms with Gasteiger partial charge in [0.25, 0.3) is 0 Å². The van der Waals surface area contributed by atoms with E-state index in [0.717, 1.165) is 18.8 Å². The average molecular weight is 223 g/mol. The van der Waals surface area contributed by atoms with Gasteiger partial charge in [-0.15, -0.1) is 0 Å². The lowest BCUT2D eigenvalue weighted by Gasteiger charge is -2.20. The van der Waals surface area contributed by atoms with Gasteiger partial charge in [-0.25, -0.2) is 0 Å². The molecule has 0 amide bonds. The smallest absolute Gasteiger partial charge is 0.0638 e. The Morgan fingerprint density at radius 3 is 2.62 bits per heavy atom. The van der Waals surface area contributed by atoms with Crippen LogP contribution in [0.2, 0.25) is 0 Å². The summed E-state index contributed by atoms with van der Waals surface area (Å²) >= 11 is 0. The summed E-state index contributed by atoms with van der Waals surface area (Å²) in [5.41, 5.74) is 2.62. The van der Waals surface area contributed by atoms with Crippen molar-refractivity contribution in [3.05, 3.63) is 17.5 Å². The first kappa shape index (κ1) is 13.2. The molecule has 0 fully saturated rings. The highest BCUT2D eigenvalue weighted by atomic mass is 15.3. The Kier molecular flexibility index (Phi) is 4.54. The van der Waals surface area contributed by atoms with E-state index in [4.69, 9.17) is 0 Å². The van der Waals surface area contributed by atoms with Crippen LogP contribution in [0.25, 0.3) is 0 Å². The predicted octanol–water partition coefficient (Wildman–Crippen LogP) is 2.88. The summed E-state index contributed by atoms with van der Waals surface area (Å²) < 4.78 is 2.07. The number of aromatic nitrogens is 2. The second-order valence-corrected chi connectivity index (χ2v) is 5.46. The summed E-state index contributed by atoms with van der Waals surface area (Å²) in [5.74, 6) is 0. The molecule has 0 radical (unpaired) electrons. The maximum atomic E-state index is 4.53. The van der Waals surface area contributed by atoms with Crippen molar-refractivity contribution in [2.45, 2.75) is 66.1 Å². The molecule has 0 aromatic carbocycles. The van der Waals surface area contributed by atoms with Crippen LogP contribution >= 0.6 is 0 Å². The van der Waals surface area contributed by atoms with Crippen LogP contribution in [0.4, 0.5) is 0 Å². The molecule has 0 saturated heterocycles. The van der Waals surface area contributed by atoms with Gasteiger partial charge in [-0.1, -0.05) is 13.3 Å². The Morgan fingerprint density at radius 2 is 2.06 bits per heavy atom. The van der Waals surface area contributed by atoms with Crippen molar-refractivity contribution in [1.29, 1.82) is 0 Å². The topological polar surface area (TPSA) is 29.9 Å². The number of aryl methyl sites for hydroxylation is 2. The Hall–Kier alpha value is -0.830. The molecule has 0 saturated carbocycles. The van der Waals surface area contributed by atoms with Crippen molar-refractivity contribution in [1.82, 2.24) is 15.1 Å². The zero-order valence-electron chi connectivity index (χ0n) is 11.3. The van der Waals surface area contributed by atoms with E-state index in [2.05, 4.69) is 55.9 Å². The second-order valence-electron chi connectivity index (χ2n) is 5.46. The summed E-state index contributed by atoms with van der Waals surface area (Å²) in [4.78, 5) is 0. The van der Waals surface area contributed by atoms with Crippen molar-refractivity contribution in [2.75, 3.05) is 0 Å². The highest BCUT2D eigenvalue weighted by molar-refractivity contribution is 5.15. The molecular formula is C13H25N3. The predicted molar refractivity (Wildman–Crippen MR) is 68.5 cm³/mol. The lowest BCUT2D eigenvalue weighted by molar-refractivity contribution is 0.423. The normalized spacial score (nSPS) is 12.1. The third kappa shape index (κ3) is 4.35. The number of unbranched alkanes of at least 4 members (excludes halogenated alkanes) is 1. The van der Waals surface area contributed by atoms with Crippen molar-refractivity contribution in [3.63, 3.8) is 0 Å². The van der Waals surface area contributed by atoms with Gasteiger partial charge in [-0.2, -0.15) is 5.10 Å². The van der Waals surface area contributed by atoms with Gasteiger partial charge in [0.1, 0.15) is 0 Å². The molecule has 1 aromatic rings. The fraction of sp³-hybridized carbons (Fsp3) is 0.769. The fourth-order valence-electron chi connectivity index (χ4n) is 1.53. The minimum atomic E-state index is 0.165. The van der Waals surface area contributed by atoms with Crippen LogP contribution in [0.1, 0.15) is 51.8 Å². The molecule has 0 aliphatic carbocycles. The van der Waals surface area contributed by atoms with Crippen LogP contribution in [0.15, 0.2) is 6.20 Å². The first-order valence-electron chi connectivity index (χ1n) is 6.20. The van der Waals surface area contributed by atoms with Gasteiger partial charge in [-0.05, 0) is 34.1 Å². The summed E-state index contributed by atoms with van der Waals surface area (Å²) in [6.45, 7) is 12.8. The monoisotopic (exact) mass is 223 g/mol. The molecule has 0 bridgehead atoms. The lowest BCUT2D eigenvalue weighted by atomic mass is 10.1. The number of nitrogens with zero attached hydrogens (tertiary/aromatic N) is 2. The van der Waals surface area contributed by atoms with Crippen molar-refractivity contribution in [3.8, 4) is 0 Å². The van der Waals surface area contributed by atoms with Crippen LogP contribution in [0.5, 0.6) is 0 Å². The molecule has 0 atom stereocenters. The Bertz CT molecular complexity index is 320. The summed E-state index contributed by atoms with van der Waals surface area (Å²) in [5, 5.41) is 8.02. The molecule has 0 aliphatic rings.